The molecule has 0 radical (unpaired) electrons. The molecule has 0 saturated heterocycles. The van der Waals surface area contributed by atoms with Crippen LogP contribution in [-0.2, 0) is 0 Å². The van der Waals surface area contributed by atoms with Crippen LogP contribution in [0, 0.1) is 0 Å². The number of phenolic OH excluding ortho intramolecular Hbond substituents is 2. The third-order valence-electron chi connectivity index (χ3n) is 4.39. The van der Waals surface area contributed by atoms with Crippen LogP contribution in [0.1, 0.15) is 10.4 Å². The largest absolute Gasteiger partial charge is 0.507 e. The molecule has 6 nitrogen and oxygen atoms in total. The van der Waals surface area contributed by atoms with Gasteiger partial charge >= 0.3 is 0 Å². The zero-order valence-corrected chi connectivity index (χ0v) is 15.8. The van der Waals surface area contributed by atoms with Crippen molar-refractivity contribution in [2.45, 2.75) is 0 Å². The van der Waals surface area contributed by atoms with E-state index in [2.05, 4.69) is 10.4 Å². The van der Waals surface area contributed by atoms with Gasteiger partial charge in [-0.3, -0.25) is 4.79 Å². The van der Waals surface area contributed by atoms with Gasteiger partial charge in [0.1, 0.15) is 11.5 Å². The minimum absolute atomic E-state index is 0.0218. The minimum Gasteiger partial charge on any atom is -0.507 e. The third-order valence-corrected chi connectivity index (χ3v) is 4.71. The number of amides is 1. The van der Waals surface area contributed by atoms with E-state index in [1.165, 1.54) is 6.07 Å². The summed E-state index contributed by atoms with van der Waals surface area (Å²) in [7, 11) is 0. The highest BCUT2D eigenvalue weighted by atomic mass is 35.5. The summed E-state index contributed by atoms with van der Waals surface area (Å²) in [4.78, 5) is 12.7. The van der Waals surface area contributed by atoms with Crippen molar-refractivity contribution >= 4 is 23.2 Å². The Morgan fingerprint density at radius 3 is 2.41 bits per heavy atom. The quantitative estimate of drug-likeness (QED) is 0.452. The number of nitrogens with zero attached hydrogens (tertiary/aromatic N) is 2. The first-order chi connectivity index (χ1) is 14.0. The fourth-order valence-corrected chi connectivity index (χ4v) is 3.22. The number of nitrogens with one attached hydrogen (secondary N) is 1. The van der Waals surface area contributed by atoms with Gasteiger partial charge in [0.15, 0.2) is 0 Å². The van der Waals surface area contributed by atoms with Crippen LogP contribution in [0.15, 0.2) is 79.0 Å². The molecule has 0 unspecified atom stereocenters. The lowest BCUT2D eigenvalue weighted by Crippen LogP contribution is -2.12. The molecule has 0 aliphatic rings. The summed E-state index contributed by atoms with van der Waals surface area (Å²) in [6, 6.07) is 20.3. The number of benzene rings is 3. The zero-order valence-electron chi connectivity index (χ0n) is 15.1. The van der Waals surface area contributed by atoms with E-state index in [0.29, 0.717) is 27.7 Å². The molecule has 144 valence electrons. The van der Waals surface area contributed by atoms with E-state index in [-0.39, 0.29) is 17.1 Å². The summed E-state index contributed by atoms with van der Waals surface area (Å²) in [6.07, 6.45) is 1.56. The average molecular weight is 406 g/mol. The Hall–Kier alpha value is -3.77. The molecule has 3 N–H and O–H groups in total. The molecule has 3 aromatic carbocycles. The van der Waals surface area contributed by atoms with Crippen LogP contribution in [0.25, 0.3) is 16.9 Å². The molecule has 1 heterocycles. The Balaban J connectivity index is 1.77. The van der Waals surface area contributed by atoms with Crippen molar-refractivity contribution < 1.29 is 15.0 Å². The van der Waals surface area contributed by atoms with Gasteiger partial charge in [-0.25, -0.2) is 4.68 Å². The highest BCUT2D eigenvalue weighted by Gasteiger charge is 2.19. The SMILES string of the molecule is O=C(Nc1ccccc1)c1cc(-c2ccnn2-c2ccccc2Cl)c(O)cc1O. The van der Waals surface area contributed by atoms with Crippen molar-refractivity contribution in [1.82, 2.24) is 9.78 Å². The van der Waals surface area contributed by atoms with Gasteiger partial charge in [0, 0.05) is 17.3 Å². The topological polar surface area (TPSA) is 87.4 Å². The number of aromatic nitrogens is 2. The highest BCUT2D eigenvalue weighted by Crippen LogP contribution is 2.36. The molecule has 0 bridgehead atoms. The Labute approximate surface area is 171 Å². The molecule has 0 saturated carbocycles. The van der Waals surface area contributed by atoms with Gasteiger partial charge in [-0.15, -0.1) is 0 Å². The second kappa shape index (κ2) is 7.69. The molecule has 4 aromatic rings. The smallest absolute Gasteiger partial charge is 0.259 e. The van der Waals surface area contributed by atoms with E-state index in [1.54, 1.807) is 59.4 Å². The third kappa shape index (κ3) is 3.66. The van der Waals surface area contributed by atoms with Gasteiger partial charge in [0.2, 0.25) is 0 Å². The first kappa shape index (κ1) is 18.6. The normalized spacial score (nSPS) is 10.7. The number of phenols is 2. The molecule has 29 heavy (non-hydrogen) atoms. The first-order valence-electron chi connectivity index (χ1n) is 8.76. The molecular weight excluding hydrogens is 390 g/mol. The zero-order chi connectivity index (χ0) is 20.4. The van der Waals surface area contributed by atoms with Gasteiger partial charge in [-0.1, -0.05) is 41.9 Å². The number of hydrogen-bond acceptors (Lipinski definition) is 4. The molecule has 0 aliphatic carbocycles. The van der Waals surface area contributed by atoms with Crippen LogP contribution in [0.5, 0.6) is 11.5 Å². The van der Waals surface area contributed by atoms with E-state index in [4.69, 9.17) is 11.6 Å². The number of rotatable bonds is 4. The van der Waals surface area contributed by atoms with E-state index >= 15 is 0 Å². The summed E-state index contributed by atoms with van der Waals surface area (Å²) in [5, 5.41) is 28.2. The van der Waals surface area contributed by atoms with E-state index in [1.807, 2.05) is 12.1 Å². The van der Waals surface area contributed by atoms with Gasteiger partial charge in [-0.05, 0) is 36.4 Å². The maximum atomic E-state index is 12.7. The maximum Gasteiger partial charge on any atom is 0.259 e. The number of para-hydroxylation sites is 2. The van der Waals surface area contributed by atoms with Crippen LogP contribution in [0.4, 0.5) is 5.69 Å². The highest BCUT2D eigenvalue weighted by molar-refractivity contribution is 6.32. The van der Waals surface area contributed by atoms with Crippen LogP contribution in [0.2, 0.25) is 5.02 Å². The van der Waals surface area contributed by atoms with E-state index < -0.39 is 5.91 Å². The lowest BCUT2D eigenvalue weighted by molar-refractivity contribution is 0.102. The van der Waals surface area contributed by atoms with Gasteiger partial charge in [0.05, 0.1) is 28.2 Å². The van der Waals surface area contributed by atoms with Gasteiger partial charge in [-0.2, -0.15) is 5.10 Å². The van der Waals surface area contributed by atoms with Crippen molar-refractivity contribution in [1.29, 1.82) is 0 Å². The molecule has 1 aromatic heterocycles. The van der Waals surface area contributed by atoms with Crippen molar-refractivity contribution in [2.24, 2.45) is 0 Å². The number of carbonyl (C=O) groups is 1. The number of anilines is 1. The van der Waals surface area contributed by atoms with Crippen LogP contribution >= 0.6 is 11.6 Å². The lowest BCUT2D eigenvalue weighted by Gasteiger charge is -2.13. The predicted octanol–water partition coefficient (Wildman–Crippen LogP) is 4.86. The van der Waals surface area contributed by atoms with Crippen molar-refractivity contribution in [3.05, 3.63) is 89.6 Å². The fourth-order valence-electron chi connectivity index (χ4n) is 3.01. The van der Waals surface area contributed by atoms with Crippen molar-refractivity contribution in [2.75, 3.05) is 5.32 Å². The molecule has 0 aliphatic heterocycles. The standard InChI is InChI=1S/C22H16ClN3O3/c23-17-8-4-5-9-19(17)26-18(10-11-24-26)15-12-16(21(28)13-20(15)27)22(29)25-14-6-2-1-3-7-14/h1-13,27-28H,(H,25,29). The number of halogens is 1. The number of aromatic hydroxyl groups is 2. The summed E-state index contributed by atoms with van der Waals surface area (Å²) in [6.45, 7) is 0. The molecular formula is C22H16ClN3O3. The Bertz CT molecular complexity index is 1190. The Morgan fingerprint density at radius 1 is 0.931 bits per heavy atom. The van der Waals surface area contributed by atoms with Crippen LogP contribution in [-0.4, -0.2) is 25.9 Å². The second-order valence-electron chi connectivity index (χ2n) is 6.29. The monoisotopic (exact) mass is 405 g/mol. The molecule has 7 heteroatoms. The first-order valence-corrected chi connectivity index (χ1v) is 9.14. The van der Waals surface area contributed by atoms with Crippen molar-refractivity contribution in [3.63, 3.8) is 0 Å². The van der Waals surface area contributed by atoms with Crippen LogP contribution in [0.3, 0.4) is 0 Å². The predicted molar refractivity (Wildman–Crippen MR) is 112 cm³/mol. The minimum atomic E-state index is -0.501. The molecule has 0 spiro atoms. The summed E-state index contributed by atoms with van der Waals surface area (Å²) in [5.74, 6) is -1.02. The summed E-state index contributed by atoms with van der Waals surface area (Å²) < 4.78 is 1.56. The number of carbonyl (C=O) groups excluding carboxylic acids is 1. The van der Waals surface area contributed by atoms with E-state index in [0.717, 1.165) is 6.07 Å². The van der Waals surface area contributed by atoms with Crippen LogP contribution < -0.4 is 5.32 Å². The Kier molecular flexibility index (Phi) is 4.93. The van der Waals surface area contributed by atoms with E-state index in [9.17, 15) is 15.0 Å². The lowest BCUT2D eigenvalue weighted by atomic mass is 10.0. The number of hydrogen-bond donors (Lipinski definition) is 3. The van der Waals surface area contributed by atoms with Gasteiger partial charge in [0.25, 0.3) is 5.91 Å². The maximum absolute atomic E-state index is 12.7. The van der Waals surface area contributed by atoms with Gasteiger partial charge < -0.3 is 15.5 Å². The molecule has 1 amide bonds. The average Bonchev–Trinajstić information content (AvgIpc) is 3.18. The Morgan fingerprint density at radius 2 is 1.66 bits per heavy atom. The molecule has 0 fully saturated rings. The van der Waals surface area contributed by atoms with Crippen molar-refractivity contribution in [3.8, 4) is 28.4 Å². The molecule has 4 rings (SSSR count). The molecule has 0 atom stereocenters. The second-order valence-corrected chi connectivity index (χ2v) is 6.69. The summed E-state index contributed by atoms with van der Waals surface area (Å²) >= 11 is 6.28. The fraction of sp³-hybridized carbons (Fsp3) is 0. The summed E-state index contributed by atoms with van der Waals surface area (Å²) in [5.41, 5.74) is 2.08.